The van der Waals surface area contributed by atoms with Gasteiger partial charge in [0.05, 0.1) is 10.9 Å². The molecular formula is C23H26ClNO6. The summed E-state index contributed by atoms with van der Waals surface area (Å²) in [6.07, 6.45) is 4.53. The van der Waals surface area contributed by atoms with Gasteiger partial charge in [-0.1, -0.05) is 11.6 Å². The average molecular weight is 448 g/mol. The van der Waals surface area contributed by atoms with Crippen LogP contribution < -0.4 is 15.7 Å². The van der Waals surface area contributed by atoms with E-state index in [2.05, 4.69) is 5.32 Å². The second-order valence-corrected chi connectivity index (χ2v) is 8.95. The number of fused-ring (bicyclic) bond motifs is 3. The largest absolute Gasteiger partial charge is 0.481 e. The van der Waals surface area contributed by atoms with Gasteiger partial charge in [0.15, 0.2) is 6.10 Å². The van der Waals surface area contributed by atoms with Crippen LogP contribution in [0.2, 0.25) is 5.02 Å². The lowest BCUT2D eigenvalue weighted by Gasteiger charge is -2.26. The Morgan fingerprint density at radius 3 is 2.65 bits per heavy atom. The Morgan fingerprint density at radius 2 is 1.94 bits per heavy atom. The molecule has 0 bridgehead atoms. The number of hydrogen-bond acceptors (Lipinski definition) is 5. The molecule has 0 radical (unpaired) electrons. The summed E-state index contributed by atoms with van der Waals surface area (Å²) in [4.78, 5) is 35.8. The lowest BCUT2D eigenvalue weighted by Crippen LogP contribution is -2.39. The molecule has 31 heavy (non-hydrogen) atoms. The Hall–Kier alpha value is -2.54. The Morgan fingerprint density at radius 1 is 1.23 bits per heavy atom. The van der Waals surface area contributed by atoms with Gasteiger partial charge in [0.2, 0.25) is 0 Å². The SMILES string of the molecule is C[C@H](Oc1cc2oc(=O)c3c(c2cc1Cl)CCC3)C(=O)NCC1CCC(C(=O)O)CC1. The molecular weight excluding hydrogens is 422 g/mol. The molecule has 7 nitrogen and oxygen atoms in total. The second-order valence-electron chi connectivity index (χ2n) is 8.54. The van der Waals surface area contributed by atoms with Gasteiger partial charge in [-0.25, -0.2) is 4.79 Å². The summed E-state index contributed by atoms with van der Waals surface area (Å²) in [5.41, 5.74) is 1.80. The lowest BCUT2D eigenvalue weighted by atomic mass is 9.82. The number of aryl methyl sites for hydroxylation is 1. The standard InChI is InChI=1S/C23H26ClNO6/c1-12(21(26)25-11-13-5-7-14(8-6-13)22(27)28)30-20-10-19-17(9-18(20)24)15-3-2-4-16(15)23(29)31-19/h9-10,12-14H,2-8,11H2,1H3,(H,25,26)(H,27,28)/t12-,13?,14?/m0/s1. The van der Waals surface area contributed by atoms with Gasteiger partial charge in [0.1, 0.15) is 11.3 Å². The Kier molecular flexibility index (Phi) is 6.23. The highest BCUT2D eigenvalue weighted by Gasteiger charge is 2.27. The molecule has 0 saturated heterocycles. The first kappa shape index (κ1) is 21.7. The molecule has 0 aliphatic heterocycles. The second kappa shape index (κ2) is 8.91. The smallest absolute Gasteiger partial charge is 0.339 e. The maximum Gasteiger partial charge on any atom is 0.339 e. The van der Waals surface area contributed by atoms with E-state index in [9.17, 15) is 14.4 Å². The number of ether oxygens (including phenoxy) is 1. The summed E-state index contributed by atoms with van der Waals surface area (Å²) < 4.78 is 11.2. The molecule has 1 amide bonds. The van der Waals surface area contributed by atoms with Crippen molar-refractivity contribution in [3.05, 3.63) is 38.7 Å². The molecule has 0 unspecified atom stereocenters. The third kappa shape index (κ3) is 4.56. The maximum absolute atomic E-state index is 12.5. The quantitative estimate of drug-likeness (QED) is 0.654. The molecule has 2 N–H and O–H groups in total. The fourth-order valence-electron chi connectivity index (χ4n) is 4.62. The number of carboxylic acid groups (broad SMARTS) is 1. The van der Waals surface area contributed by atoms with Crippen LogP contribution in [-0.4, -0.2) is 29.6 Å². The van der Waals surface area contributed by atoms with Crippen LogP contribution in [0.15, 0.2) is 21.3 Å². The van der Waals surface area contributed by atoms with E-state index in [1.807, 2.05) is 0 Å². The van der Waals surface area contributed by atoms with Gasteiger partial charge in [0.25, 0.3) is 5.91 Å². The maximum atomic E-state index is 12.5. The van der Waals surface area contributed by atoms with Crippen LogP contribution in [0.3, 0.4) is 0 Å². The monoisotopic (exact) mass is 447 g/mol. The zero-order valence-electron chi connectivity index (χ0n) is 17.4. The number of halogens is 1. The van der Waals surface area contributed by atoms with E-state index in [1.54, 1.807) is 19.1 Å². The first-order valence-corrected chi connectivity index (χ1v) is 11.2. The van der Waals surface area contributed by atoms with Crippen molar-refractivity contribution in [3.8, 4) is 5.75 Å². The highest BCUT2D eigenvalue weighted by molar-refractivity contribution is 6.32. The first-order chi connectivity index (χ1) is 14.8. The van der Waals surface area contributed by atoms with Crippen LogP contribution in [0.1, 0.15) is 50.2 Å². The normalized spacial score (nSPS) is 21.5. The van der Waals surface area contributed by atoms with Crippen LogP contribution >= 0.6 is 11.6 Å². The van der Waals surface area contributed by atoms with E-state index in [4.69, 9.17) is 25.9 Å². The molecule has 2 aliphatic rings. The topological polar surface area (TPSA) is 106 Å². The van der Waals surface area contributed by atoms with Crippen molar-refractivity contribution in [2.45, 2.75) is 58.0 Å². The number of amides is 1. The Balaban J connectivity index is 1.39. The van der Waals surface area contributed by atoms with Crippen LogP contribution in [0, 0.1) is 11.8 Å². The number of hydrogen-bond donors (Lipinski definition) is 2. The molecule has 1 aromatic heterocycles. The molecule has 166 valence electrons. The predicted molar refractivity (Wildman–Crippen MR) is 116 cm³/mol. The molecule has 1 saturated carbocycles. The van der Waals surface area contributed by atoms with Gasteiger partial charge in [-0.2, -0.15) is 0 Å². The predicted octanol–water partition coefficient (Wildman–Crippen LogP) is 3.71. The molecule has 8 heteroatoms. The minimum absolute atomic E-state index is 0.271. The van der Waals surface area contributed by atoms with Gasteiger partial charge in [-0.15, -0.1) is 0 Å². The molecule has 1 heterocycles. The number of carbonyl (C=O) groups is 2. The summed E-state index contributed by atoms with van der Waals surface area (Å²) in [6, 6.07) is 3.32. The number of nitrogens with one attached hydrogen (secondary N) is 1. The molecule has 0 spiro atoms. The van der Waals surface area contributed by atoms with E-state index in [-0.39, 0.29) is 23.4 Å². The third-order valence-corrected chi connectivity index (χ3v) is 6.76. The number of rotatable bonds is 6. The zero-order chi connectivity index (χ0) is 22.1. The molecule has 2 aromatic rings. The van der Waals surface area contributed by atoms with Gasteiger partial charge in [-0.3, -0.25) is 9.59 Å². The van der Waals surface area contributed by atoms with Crippen LogP contribution in [0.25, 0.3) is 11.0 Å². The number of aliphatic carboxylic acids is 1. The van der Waals surface area contributed by atoms with E-state index >= 15 is 0 Å². The fourth-order valence-corrected chi connectivity index (χ4v) is 4.83. The van der Waals surface area contributed by atoms with Crippen molar-refractivity contribution in [3.63, 3.8) is 0 Å². The highest BCUT2D eigenvalue weighted by Crippen LogP contribution is 2.35. The van der Waals surface area contributed by atoms with Crippen molar-refractivity contribution < 1.29 is 23.8 Å². The van der Waals surface area contributed by atoms with Crippen molar-refractivity contribution in [2.24, 2.45) is 11.8 Å². The highest BCUT2D eigenvalue weighted by atomic mass is 35.5. The molecule has 1 fully saturated rings. The number of benzene rings is 1. The van der Waals surface area contributed by atoms with E-state index in [0.29, 0.717) is 35.7 Å². The number of carboxylic acids is 1. The third-order valence-electron chi connectivity index (χ3n) is 6.46. The molecule has 2 aliphatic carbocycles. The van der Waals surface area contributed by atoms with E-state index in [1.165, 1.54) is 0 Å². The summed E-state index contributed by atoms with van der Waals surface area (Å²) >= 11 is 6.41. The van der Waals surface area contributed by atoms with Crippen molar-refractivity contribution in [2.75, 3.05) is 6.54 Å². The van der Waals surface area contributed by atoms with Crippen molar-refractivity contribution >= 4 is 34.4 Å². The summed E-state index contributed by atoms with van der Waals surface area (Å²) in [7, 11) is 0. The molecule has 1 atom stereocenters. The molecule has 4 rings (SSSR count). The fraction of sp³-hybridized carbons (Fsp3) is 0.522. The first-order valence-electron chi connectivity index (χ1n) is 10.8. The Labute approximate surface area is 184 Å². The summed E-state index contributed by atoms with van der Waals surface area (Å²) in [5.74, 6) is -0.720. The van der Waals surface area contributed by atoms with Crippen LogP contribution in [0.5, 0.6) is 5.75 Å². The number of carbonyl (C=O) groups excluding carboxylic acids is 1. The van der Waals surface area contributed by atoms with Crippen molar-refractivity contribution in [1.82, 2.24) is 5.32 Å². The van der Waals surface area contributed by atoms with Crippen LogP contribution in [0.4, 0.5) is 0 Å². The minimum atomic E-state index is -0.786. The van der Waals surface area contributed by atoms with Gasteiger partial charge >= 0.3 is 11.6 Å². The van der Waals surface area contributed by atoms with Gasteiger partial charge in [-0.05, 0) is 69.4 Å². The van der Waals surface area contributed by atoms with Gasteiger partial charge in [0, 0.05) is 23.6 Å². The summed E-state index contributed by atoms with van der Waals surface area (Å²) in [5, 5.41) is 13.2. The minimum Gasteiger partial charge on any atom is -0.481 e. The van der Waals surface area contributed by atoms with Gasteiger partial charge < -0.3 is 19.6 Å². The lowest BCUT2D eigenvalue weighted by molar-refractivity contribution is -0.143. The average Bonchev–Trinajstić information content (AvgIpc) is 3.24. The molecule has 1 aromatic carbocycles. The van der Waals surface area contributed by atoms with E-state index < -0.39 is 12.1 Å². The van der Waals surface area contributed by atoms with Crippen molar-refractivity contribution in [1.29, 1.82) is 0 Å². The van der Waals surface area contributed by atoms with E-state index in [0.717, 1.165) is 48.6 Å². The van der Waals surface area contributed by atoms with Crippen LogP contribution in [-0.2, 0) is 22.4 Å². The zero-order valence-corrected chi connectivity index (χ0v) is 18.2. The Bertz CT molecular complexity index is 1070. The summed E-state index contributed by atoms with van der Waals surface area (Å²) in [6.45, 7) is 2.13.